The minimum Gasteiger partial charge on any atom is -0.493 e. The van der Waals surface area contributed by atoms with Gasteiger partial charge in [0.1, 0.15) is 17.6 Å². The molecule has 3 aromatic carbocycles. The molecule has 2 N–H and O–H groups in total. The molecule has 1 saturated heterocycles. The molecule has 11 nitrogen and oxygen atoms in total. The molecular weight excluding hydrogens is 564 g/mol. The van der Waals surface area contributed by atoms with Crippen LogP contribution < -0.4 is 24.8 Å². The molecule has 44 heavy (non-hydrogen) atoms. The van der Waals surface area contributed by atoms with Gasteiger partial charge in [-0.15, -0.1) is 0 Å². The molecule has 1 fully saturated rings. The van der Waals surface area contributed by atoms with Crippen LogP contribution in [0.25, 0.3) is 11.1 Å². The van der Waals surface area contributed by atoms with Crippen molar-refractivity contribution in [2.75, 3.05) is 26.8 Å². The Morgan fingerprint density at radius 3 is 2.66 bits per heavy atom. The van der Waals surface area contributed by atoms with Crippen LogP contribution in [0.5, 0.6) is 17.2 Å². The summed E-state index contributed by atoms with van der Waals surface area (Å²) in [5, 5.41) is 9.84. The highest BCUT2D eigenvalue weighted by Crippen LogP contribution is 2.32. The van der Waals surface area contributed by atoms with E-state index in [0.29, 0.717) is 28.6 Å². The lowest BCUT2D eigenvalue weighted by atomic mass is 9.97. The van der Waals surface area contributed by atoms with E-state index in [0.717, 1.165) is 22.3 Å². The number of aromatic nitrogens is 1. The second kappa shape index (κ2) is 12.1. The highest BCUT2D eigenvalue weighted by atomic mass is 16.5. The van der Waals surface area contributed by atoms with Crippen LogP contribution in [0.1, 0.15) is 37.7 Å². The highest BCUT2D eigenvalue weighted by Gasteiger charge is 2.39. The van der Waals surface area contributed by atoms with E-state index in [4.69, 9.17) is 18.7 Å². The van der Waals surface area contributed by atoms with Gasteiger partial charge in [0.15, 0.2) is 23.8 Å². The number of amides is 3. The van der Waals surface area contributed by atoms with Crippen LogP contribution >= 0.6 is 0 Å². The van der Waals surface area contributed by atoms with E-state index < -0.39 is 12.1 Å². The molecule has 0 aliphatic carbocycles. The number of ether oxygens (including phenoxy) is 3. The maximum atomic E-state index is 13.7. The van der Waals surface area contributed by atoms with Crippen molar-refractivity contribution in [2.24, 2.45) is 0 Å². The molecule has 0 radical (unpaired) electrons. The minimum absolute atomic E-state index is 0.157. The van der Waals surface area contributed by atoms with Crippen LogP contribution in [0, 0.1) is 13.8 Å². The number of methoxy groups -OCH3 is 1. The van der Waals surface area contributed by atoms with Crippen molar-refractivity contribution in [2.45, 2.75) is 32.5 Å². The van der Waals surface area contributed by atoms with Gasteiger partial charge in [-0.25, -0.2) is 0 Å². The molecule has 0 spiro atoms. The van der Waals surface area contributed by atoms with Gasteiger partial charge < -0.3 is 34.3 Å². The third-order valence-electron chi connectivity index (χ3n) is 7.73. The summed E-state index contributed by atoms with van der Waals surface area (Å²) in [7, 11) is 1.52. The lowest BCUT2D eigenvalue weighted by Gasteiger charge is -2.23. The largest absolute Gasteiger partial charge is 0.493 e. The Kier molecular flexibility index (Phi) is 7.93. The lowest BCUT2D eigenvalue weighted by molar-refractivity contribution is -0.123. The van der Waals surface area contributed by atoms with Gasteiger partial charge in [-0.1, -0.05) is 29.4 Å². The van der Waals surface area contributed by atoms with Gasteiger partial charge >= 0.3 is 0 Å². The smallest absolute Gasteiger partial charge is 0.276 e. The fraction of sp³-hybridized carbons (Fsp3) is 0.273. The van der Waals surface area contributed by atoms with Gasteiger partial charge in [0, 0.05) is 24.7 Å². The zero-order valence-electron chi connectivity index (χ0n) is 24.6. The fourth-order valence-electron chi connectivity index (χ4n) is 5.39. The summed E-state index contributed by atoms with van der Waals surface area (Å²) in [5.74, 6) is 1.03. The molecule has 4 aromatic rings. The zero-order chi connectivity index (χ0) is 30.8. The predicted octanol–water partition coefficient (Wildman–Crippen LogP) is 3.68. The number of nitrogens with zero attached hydrogens (tertiary/aromatic N) is 2. The summed E-state index contributed by atoms with van der Waals surface area (Å²) >= 11 is 0. The third-order valence-corrected chi connectivity index (χ3v) is 7.73. The number of hydrogen-bond donors (Lipinski definition) is 2. The number of carbonyl (C=O) groups excluding carboxylic acids is 3. The van der Waals surface area contributed by atoms with Crippen molar-refractivity contribution in [3.8, 4) is 28.4 Å². The molecule has 2 atom stereocenters. The summed E-state index contributed by atoms with van der Waals surface area (Å²) in [6, 6.07) is 19.2. The number of likely N-dealkylation sites (tertiary alicyclic amines) is 1. The molecule has 1 aromatic heterocycles. The lowest BCUT2D eigenvalue weighted by Crippen LogP contribution is -2.45. The van der Waals surface area contributed by atoms with Crippen LogP contribution in [0.3, 0.4) is 0 Å². The molecule has 0 saturated carbocycles. The maximum absolute atomic E-state index is 13.7. The number of carbonyl (C=O) groups is 3. The second-order valence-corrected chi connectivity index (χ2v) is 10.9. The monoisotopic (exact) mass is 596 g/mol. The first-order chi connectivity index (χ1) is 21.3. The van der Waals surface area contributed by atoms with Crippen LogP contribution in [0.4, 0.5) is 0 Å². The molecule has 226 valence electrons. The van der Waals surface area contributed by atoms with Crippen molar-refractivity contribution in [1.82, 2.24) is 20.7 Å². The Morgan fingerprint density at radius 1 is 1.00 bits per heavy atom. The van der Waals surface area contributed by atoms with Crippen molar-refractivity contribution in [3.05, 3.63) is 94.9 Å². The fourth-order valence-corrected chi connectivity index (χ4v) is 5.39. The molecular formula is C33H32N4O7. The molecule has 0 unspecified atom stereocenters. The number of nitrogens with one attached hydrogen (secondary N) is 2. The van der Waals surface area contributed by atoms with E-state index in [1.54, 1.807) is 42.2 Å². The van der Waals surface area contributed by atoms with Crippen LogP contribution in [0.15, 0.2) is 71.3 Å². The van der Waals surface area contributed by atoms with Crippen molar-refractivity contribution < 1.29 is 33.1 Å². The second-order valence-electron chi connectivity index (χ2n) is 10.9. The average Bonchev–Trinajstić information content (AvgIpc) is 3.64. The number of hydrogen-bond acceptors (Lipinski definition) is 8. The number of rotatable bonds is 2. The van der Waals surface area contributed by atoms with Crippen LogP contribution in [-0.2, 0) is 11.3 Å². The highest BCUT2D eigenvalue weighted by molar-refractivity contribution is 5.96. The van der Waals surface area contributed by atoms with Gasteiger partial charge in [0.05, 0.1) is 19.7 Å². The topological polar surface area (TPSA) is 132 Å². The van der Waals surface area contributed by atoms with Crippen molar-refractivity contribution in [3.63, 3.8) is 0 Å². The Hall–Kier alpha value is -5.32. The van der Waals surface area contributed by atoms with E-state index in [-0.39, 0.29) is 49.7 Å². The first-order valence-electron chi connectivity index (χ1n) is 14.2. The van der Waals surface area contributed by atoms with E-state index in [2.05, 4.69) is 15.8 Å². The Labute approximate surface area is 254 Å². The van der Waals surface area contributed by atoms with E-state index in [1.807, 2.05) is 43.3 Å². The average molecular weight is 597 g/mol. The summed E-state index contributed by atoms with van der Waals surface area (Å²) < 4.78 is 22.9. The Balaban J connectivity index is 1.36. The summed E-state index contributed by atoms with van der Waals surface area (Å²) in [4.78, 5) is 41.1. The maximum Gasteiger partial charge on any atom is 0.276 e. The first kappa shape index (κ1) is 28.8. The summed E-state index contributed by atoms with van der Waals surface area (Å²) in [6.45, 7) is 4.18. The van der Waals surface area contributed by atoms with E-state index in [9.17, 15) is 14.4 Å². The summed E-state index contributed by atoms with van der Waals surface area (Å²) in [5.41, 5.74) is 4.09. The molecule has 3 aliphatic rings. The van der Waals surface area contributed by atoms with Gasteiger partial charge in [0.25, 0.3) is 17.7 Å². The van der Waals surface area contributed by atoms with Gasteiger partial charge in [-0.2, -0.15) is 0 Å². The minimum atomic E-state index is -0.598. The quantitative estimate of drug-likeness (QED) is 0.358. The molecule has 3 aliphatic heterocycles. The molecule has 7 rings (SSSR count). The van der Waals surface area contributed by atoms with E-state index in [1.165, 1.54) is 7.11 Å². The number of aryl methyl sites for hydroxylation is 2. The molecule has 4 heterocycles. The van der Waals surface area contributed by atoms with Gasteiger partial charge in [-0.3, -0.25) is 14.4 Å². The molecule has 11 heteroatoms. The normalized spacial score (nSPS) is 18.4. The third kappa shape index (κ3) is 6.07. The van der Waals surface area contributed by atoms with Gasteiger partial charge in [0.2, 0.25) is 0 Å². The number of benzene rings is 3. The van der Waals surface area contributed by atoms with Crippen LogP contribution in [0.2, 0.25) is 0 Å². The Bertz CT molecular complexity index is 1730. The van der Waals surface area contributed by atoms with Crippen molar-refractivity contribution >= 4 is 17.7 Å². The molecule has 6 bridgehead atoms. The first-order valence-corrected chi connectivity index (χ1v) is 14.2. The zero-order valence-corrected chi connectivity index (χ0v) is 24.6. The van der Waals surface area contributed by atoms with Crippen molar-refractivity contribution in [1.29, 1.82) is 0 Å². The van der Waals surface area contributed by atoms with Gasteiger partial charge in [-0.05, 0) is 72.5 Å². The molecule has 3 amide bonds. The van der Waals surface area contributed by atoms with Crippen LogP contribution in [-0.4, -0.2) is 66.7 Å². The predicted molar refractivity (Wildman–Crippen MR) is 160 cm³/mol. The SMILES string of the molecule is COc1cc2ccc1O[C@H]1CN(C(=O)c3cc(C)on3)C[C@@H]1NC(=O)c1ccc(C)c(c1)-c1cccc(c1)OCC(=O)NC2. The standard InChI is InChI=1S/C33H32N4O7/c1-19-7-9-23-14-25(19)22-5-4-6-24(13-22)42-18-31(38)34-15-21-8-10-28(29(12-21)41-3)43-30-17-37(16-27(30)35-32(23)39)33(40)26-11-20(2)44-36-26/h4-14,27,30H,15-18H2,1-3H3,(H,34,38)(H,35,39)/t27-,30-/m0/s1. The summed E-state index contributed by atoms with van der Waals surface area (Å²) in [6.07, 6.45) is -0.598. The van der Waals surface area contributed by atoms with E-state index >= 15 is 0 Å². The number of fused-ring (bicyclic) bond motifs is 7. The Morgan fingerprint density at radius 2 is 1.86 bits per heavy atom.